The van der Waals surface area contributed by atoms with Gasteiger partial charge in [0.2, 0.25) is 5.69 Å². The van der Waals surface area contributed by atoms with E-state index in [0.29, 0.717) is 30.8 Å². The minimum atomic E-state index is -1.02. The molecule has 8 heteroatoms. The van der Waals surface area contributed by atoms with Gasteiger partial charge in [0.15, 0.2) is 0 Å². The Morgan fingerprint density at radius 2 is 1.78 bits per heavy atom. The maximum absolute atomic E-state index is 13.3. The molecule has 36 heavy (non-hydrogen) atoms. The highest BCUT2D eigenvalue weighted by Crippen LogP contribution is 2.39. The van der Waals surface area contributed by atoms with Crippen LogP contribution in [0.5, 0.6) is 5.75 Å². The minimum Gasteiger partial charge on any atom is -0.493 e. The second-order valence-electron chi connectivity index (χ2n) is 9.21. The molecule has 0 aliphatic carbocycles. The summed E-state index contributed by atoms with van der Waals surface area (Å²) < 4.78 is 6.00. The van der Waals surface area contributed by atoms with Crippen molar-refractivity contribution >= 4 is 34.9 Å². The van der Waals surface area contributed by atoms with Crippen molar-refractivity contribution in [3.05, 3.63) is 82.4 Å². The van der Waals surface area contributed by atoms with E-state index in [1.54, 1.807) is 44.1 Å². The van der Waals surface area contributed by atoms with E-state index in [0.717, 1.165) is 27.3 Å². The molecular weight excluding hydrogens is 476 g/mol. The third-order valence-electron chi connectivity index (χ3n) is 6.49. The second-order valence-corrected chi connectivity index (χ2v) is 9.58. The number of pyridine rings is 1. The van der Waals surface area contributed by atoms with Crippen LogP contribution in [0.2, 0.25) is 5.02 Å². The first kappa shape index (κ1) is 25.2. The molecule has 1 aliphatic heterocycles. The molecule has 0 radical (unpaired) electrons. The molecule has 1 saturated heterocycles. The van der Waals surface area contributed by atoms with Gasteiger partial charge in [0.25, 0.3) is 5.91 Å². The maximum Gasteiger partial charge on any atom is 0.332 e. The van der Waals surface area contributed by atoms with E-state index in [9.17, 15) is 9.59 Å². The van der Waals surface area contributed by atoms with E-state index in [4.69, 9.17) is 22.9 Å². The lowest BCUT2D eigenvalue weighted by atomic mass is 10.0. The third kappa shape index (κ3) is 4.52. The van der Waals surface area contributed by atoms with Gasteiger partial charge in [-0.1, -0.05) is 23.7 Å². The number of hydrogen-bond acceptors (Lipinski definition) is 4. The Morgan fingerprint density at radius 3 is 2.44 bits per heavy atom. The van der Waals surface area contributed by atoms with Crippen LogP contribution in [0.25, 0.3) is 16.0 Å². The van der Waals surface area contributed by atoms with Crippen LogP contribution in [0.15, 0.2) is 54.9 Å². The Labute approximate surface area is 216 Å². The number of imide groups is 1. The number of hydrogen-bond donors (Lipinski definition) is 0. The Balaban J connectivity index is 1.42. The van der Waals surface area contributed by atoms with Gasteiger partial charge in [-0.05, 0) is 86.7 Å². The number of carbonyl (C=O) groups is 2. The van der Waals surface area contributed by atoms with Crippen LogP contribution in [-0.2, 0) is 4.79 Å². The number of anilines is 1. The highest BCUT2D eigenvalue weighted by atomic mass is 35.5. The average Bonchev–Trinajstić information content (AvgIpc) is 3.03. The number of amides is 3. The van der Waals surface area contributed by atoms with Gasteiger partial charge in [0.05, 0.1) is 23.9 Å². The molecule has 0 bridgehead atoms. The first-order valence-corrected chi connectivity index (χ1v) is 12.0. The average molecular weight is 503 g/mol. The predicted octanol–water partition coefficient (Wildman–Crippen LogP) is 6.59. The molecule has 4 rings (SSSR count). The van der Waals surface area contributed by atoms with E-state index in [1.165, 1.54) is 6.07 Å². The predicted molar refractivity (Wildman–Crippen MR) is 141 cm³/mol. The molecule has 0 atom stereocenters. The van der Waals surface area contributed by atoms with Crippen molar-refractivity contribution in [1.82, 2.24) is 9.88 Å². The largest absolute Gasteiger partial charge is 0.493 e. The molecule has 3 aromatic rings. The summed E-state index contributed by atoms with van der Waals surface area (Å²) in [7, 11) is 0. The molecule has 1 fully saturated rings. The Morgan fingerprint density at radius 1 is 1.06 bits per heavy atom. The van der Waals surface area contributed by atoms with Crippen molar-refractivity contribution in [2.24, 2.45) is 0 Å². The van der Waals surface area contributed by atoms with Crippen LogP contribution in [0.4, 0.5) is 16.2 Å². The summed E-state index contributed by atoms with van der Waals surface area (Å²) in [4.78, 5) is 36.7. The summed E-state index contributed by atoms with van der Waals surface area (Å²) in [5.41, 5.74) is 3.39. The minimum absolute atomic E-state index is 0.248. The number of aromatic nitrogens is 1. The molecular formula is C28H27ClN4O3. The van der Waals surface area contributed by atoms with E-state index in [2.05, 4.69) is 15.9 Å². The number of urea groups is 1. The highest BCUT2D eigenvalue weighted by molar-refractivity contribution is 6.35. The first-order chi connectivity index (χ1) is 17.2. The number of benzene rings is 2. The zero-order valence-corrected chi connectivity index (χ0v) is 21.5. The van der Waals surface area contributed by atoms with Crippen molar-refractivity contribution in [1.29, 1.82) is 0 Å². The Kier molecular flexibility index (Phi) is 7.00. The molecule has 2 heterocycles. The molecule has 0 saturated carbocycles. The van der Waals surface area contributed by atoms with Gasteiger partial charge in [0.1, 0.15) is 11.3 Å². The molecule has 3 amide bonds. The van der Waals surface area contributed by atoms with Crippen molar-refractivity contribution in [3.63, 3.8) is 0 Å². The maximum atomic E-state index is 13.3. The molecule has 0 unspecified atom stereocenters. The van der Waals surface area contributed by atoms with Gasteiger partial charge in [-0.25, -0.2) is 14.5 Å². The van der Waals surface area contributed by atoms with E-state index >= 15 is 0 Å². The Bertz CT molecular complexity index is 1370. The summed E-state index contributed by atoms with van der Waals surface area (Å²) in [5.74, 6) is 0.452. The monoisotopic (exact) mass is 502 g/mol. The van der Waals surface area contributed by atoms with Gasteiger partial charge in [-0.2, -0.15) is 0 Å². The second kappa shape index (κ2) is 10.00. The molecule has 0 spiro atoms. The third-order valence-corrected chi connectivity index (χ3v) is 6.97. The van der Waals surface area contributed by atoms with Gasteiger partial charge < -0.3 is 9.64 Å². The van der Waals surface area contributed by atoms with Crippen molar-refractivity contribution in [2.45, 2.75) is 39.7 Å². The number of rotatable bonds is 7. The van der Waals surface area contributed by atoms with Crippen molar-refractivity contribution in [3.8, 4) is 16.9 Å². The van der Waals surface area contributed by atoms with Crippen LogP contribution in [0.3, 0.4) is 0 Å². The quantitative estimate of drug-likeness (QED) is 0.208. The topological polar surface area (TPSA) is 67.1 Å². The molecule has 1 aromatic heterocycles. The van der Waals surface area contributed by atoms with Crippen LogP contribution in [0.1, 0.15) is 31.4 Å². The summed E-state index contributed by atoms with van der Waals surface area (Å²) in [6.07, 6.45) is 4.08. The lowest BCUT2D eigenvalue weighted by Crippen LogP contribution is -2.44. The van der Waals surface area contributed by atoms with E-state index in [1.807, 2.05) is 31.2 Å². The standard InChI is InChI=1S/C28H27ClN4O3/c1-18-17-21(20-11-13-31-14-12-20)7-10-24(18)36-16-6-15-32-27(35)33(26(34)28(32,3)4)23-9-8-22(30-5)25(29)19(23)2/h7-14,17H,6,15-16H2,1-4H3. The van der Waals surface area contributed by atoms with E-state index < -0.39 is 11.6 Å². The first-order valence-electron chi connectivity index (χ1n) is 11.6. The summed E-state index contributed by atoms with van der Waals surface area (Å²) in [6.45, 7) is 15.2. The number of halogens is 1. The lowest BCUT2D eigenvalue weighted by Gasteiger charge is -2.27. The van der Waals surface area contributed by atoms with Gasteiger partial charge in [0, 0.05) is 18.9 Å². The zero-order valence-electron chi connectivity index (χ0n) is 20.7. The normalized spacial score (nSPS) is 14.8. The van der Waals surface area contributed by atoms with Crippen LogP contribution in [0, 0.1) is 20.4 Å². The van der Waals surface area contributed by atoms with Crippen LogP contribution in [-0.4, -0.2) is 40.5 Å². The SMILES string of the molecule is [C-]#[N+]c1ccc(N2C(=O)N(CCCOc3ccc(-c4ccncc4)cc3C)C(C)(C)C2=O)c(C)c1Cl. The number of nitrogens with zero attached hydrogens (tertiary/aromatic N) is 4. The van der Waals surface area contributed by atoms with Crippen molar-refractivity contribution in [2.75, 3.05) is 18.1 Å². The van der Waals surface area contributed by atoms with Gasteiger partial charge in [-0.15, -0.1) is 0 Å². The number of aryl methyl sites for hydroxylation is 1. The fraction of sp³-hybridized carbons (Fsp3) is 0.286. The highest BCUT2D eigenvalue weighted by Gasteiger charge is 2.51. The van der Waals surface area contributed by atoms with E-state index in [-0.39, 0.29) is 16.6 Å². The fourth-order valence-electron chi connectivity index (χ4n) is 4.35. The molecule has 0 N–H and O–H groups in total. The Hall–Kier alpha value is -3.89. The van der Waals surface area contributed by atoms with Gasteiger partial charge in [-0.3, -0.25) is 9.78 Å². The zero-order chi connectivity index (χ0) is 26.0. The number of carbonyl (C=O) groups excluding carboxylic acids is 2. The number of ether oxygens (including phenoxy) is 1. The lowest BCUT2D eigenvalue weighted by molar-refractivity contribution is -0.123. The summed E-state index contributed by atoms with van der Waals surface area (Å²) >= 11 is 6.30. The van der Waals surface area contributed by atoms with Crippen molar-refractivity contribution < 1.29 is 14.3 Å². The molecule has 2 aromatic carbocycles. The smallest absolute Gasteiger partial charge is 0.332 e. The fourth-order valence-corrected chi connectivity index (χ4v) is 4.55. The van der Waals surface area contributed by atoms with Gasteiger partial charge >= 0.3 is 6.03 Å². The van der Waals surface area contributed by atoms with Crippen LogP contribution >= 0.6 is 11.6 Å². The summed E-state index contributed by atoms with van der Waals surface area (Å²) in [6, 6.07) is 12.7. The van der Waals surface area contributed by atoms with Crippen LogP contribution < -0.4 is 9.64 Å². The molecule has 1 aliphatic rings. The molecule has 184 valence electrons. The summed E-state index contributed by atoms with van der Waals surface area (Å²) in [5, 5.41) is 0.248. The molecule has 7 nitrogen and oxygen atoms in total.